The van der Waals surface area contributed by atoms with E-state index < -0.39 is 11.8 Å². The van der Waals surface area contributed by atoms with Crippen molar-refractivity contribution >= 4 is 23.4 Å². The Balaban J connectivity index is 1.62. The fourth-order valence-electron chi connectivity index (χ4n) is 3.97. The molecule has 1 aromatic rings. The highest BCUT2D eigenvalue weighted by Gasteiger charge is 2.33. The number of amides is 1. The average molecular weight is 420 g/mol. The molecule has 9 heteroatoms. The third-order valence-electron chi connectivity index (χ3n) is 5.60. The van der Waals surface area contributed by atoms with Gasteiger partial charge in [-0.15, -0.1) is 0 Å². The van der Waals surface area contributed by atoms with E-state index in [0.29, 0.717) is 38.5 Å². The number of nitrogens with one attached hydrogen (secondary N) is 1. The van der Waals surface area contributed by atoms with Gasteiger partial charge in [-0.3, -0.25) is 15.0 Å². The number of amidine groups is 1. The molecule has 2 aliphatic rings. The minimum absolute atomic E-state index is 0.0116. The number of rotatable bonds is 6. The fourth-order valence-corrected chi connectivity index (χ4v) is 3.97. The summed E-state index contributed by atoms with van der Waals surface area (Å²) in [5.74, 6) is -1.23. The summed E-state index contributed by atoms with van der Waals surface area (Å²) in [6, 6.07) is 4.94. The Morgan fingerprint density at radius 1 is 1.30 bits per heavy atom. The van der Waals surface area contributed by atoms with Crippen LogP contribution in [0.5, 0.6) is 0 Å². The molecule has 0 aliphatic carbocycles. The van der Waals surface area contributed by atoms with Crippen LogP contribution in [0.25, 0.3) is 0 Å². The van der Waals surface area contributed by atoms with Crippen LogP contribution >= 0.6 is 0 Å². The minimum Gasteiger partial charge on any atom is -0.460 e. The molecule has 0 saturated carbocycles. The van der Waals surface area contributed by atoms with E-state index in [1.807, 2.05) is 16.7 Å². The second-order valence-corrected chi connectivity index (χ2v) is 7.83. The van der Waals surface area contributed by atoms with Crippen LogP contribution in [-0.2, 0) is 25.7 Å². The molecular formula is C21H29FN4O4. The zero-order chi connectivity index (χ0) is 21.7. The molecule has 164 valence electrons. The van der Waals surface area contributed by atoms with E-state index in [1.54, 1.807) is 18.2 Å². The van der Waals surface area contributed by atoms with Gasteiger partial charge in [-0.2, -0.15) is 0 Å². The zero-order valence-corrected chi connectivity index (χ0v) is 17.2. The van der Waals surface area contributed by atoms with E-state index in [1.165, 1.54) is 0 Å². The van der Waals surface area contributed by atoms with Crippen molar-refractivity contribution in [3.63, 3.8) is 0 Å². The molecule has 2 heterocycles. The monoisotopic (exact) mass is 420 g/mol. The van der Waals surface area contributed by atoms with Crippen LogP contribution in [0.3, 0.4) is 0 Å². The maximum absolute atomic E-state index is 15.0. The molecule has 1 atom stereocenters. The van der Waals surface area contributed by atoms with Crippen LogP contribution in [0.4, 0.5) is 10.1 Å². The van der Waals surface area contributed by atoms with Crippen LogP contribution in [0.1, 0.15) is 31.7 Å². The topological polar surface area (TPSA) is 109 Å². The van der Waals surface area contributed by atoms with Crippen LogP contribution < -0.4 is 10.6 Å². The second kappa shape index (κ2) is 9.88. The first kappa shape index (κ1) is 22.0. The summed E-state index contributed by atoms with van der Waals surface area (Å²) in [5.41, 5.74) is 5.87. The molecule has 2 saturated heterocycles. The molecule has 0 aromatic heterocycles. The Labute approximate surface area is 175 Å². The van der Waals surface area contributed by atoms with E-state index >= 15 is 4.39 Å². The number of hydrogen-bond donors (Lipinski definition) is 2. The molecule has 0 radical (unpaired) electrons. The highest BCUT2D eigenvalue weighted by Crippen LogP contribution is 2.27. The lowest BCUT2D eigenvalue weighted by Crippen LogP contribution is -2.56. The summed E-state index contributed by atoms with van der Waals surface area (Å²) in [5, 5.41) is 7.11. The van der Waals surface area contributed by atoms with Gasteiger partial charge < -0.3 is 25.0 Å². The molecule has 1 amide bonds. The van der Waals surface area contributed by atoms with E-state index in [0.717, 1.165) is 12.8 Å². The maximum Gasteiger partial charge on any atom is 0.313 e. The Kier molecular flexibility index (Phi) is 7.25. The average Bonchev–Trinajstić information content (AvgIpc) is 2.72. The lowest BCUT2D eigenvalue weighted by atomic mass is 9.97. The normalized spacial score (nSPS) is 20.1. The Morgan fingerprint density at radius 2 is 2.03 bits per heavy atom. The van der Waals surface area contributed by atoms with Gasteiger partial charge in [0.25, 0.3) is 0 Å². The third kappa shape index (κ3) is 5.27. The number of carbonyl (C=O) groups excluding carboxylic acids is 2. The van der Waals surface area contributed by atoms with Crippen molar-refractivity contribution in [1.82, 2.24) is 4.90 Å². The lowest BCUT2D eigenvalue weighted by Gasteiger charge is -2.42. The number of piperazine rings is 1. The molecule has 3 rings (SSSR count). The largest absolute Gasteiger partial charge is 0.460 e. The van der Waals surface area contributed by atoms with Crippen molar-refractivity contribution in [2.24, 2.45) is 11.7 Å². The predicted molar refractivity (Wildman–Crippen MR) is 110 cm³/mol. The third-order valence-corrected chi connectivity index (χ3v) is 5.60. The molecule has 1 aromatic carbocycles. The summed E-state index contributed by atoms with van der Waals surface area (Å²) in [7, 11) is 0. The van der Waals surface area contributed by atoms with E-state index in [4.69, 9.17) is 20.6 Å². The van der Waals surface area contributed by atoms with Gasteiger partial charge in [0, 0.05) is 50.4 Å². The van der Waals surface area contributed by atoms with Crippen LogP contribution in [0.15, 0.2) is 18.2 Å². The number of ether oxygens (including phenoxy) is 2. The standard InChI is InChI=1S/C21H29FN4O4/c1-14-12-25(7-8-26(14)21(28)15-5-9-29-10-6-15)17-4-2-3-16(20(17)22)13-30-19(27)11-18(23)24/h2-4,14-15H,5-13H2,1H3,(H3,23,24)/t14-/m1/s1. The number of esters is 1. The van der Waals surface area contributed by atoms with Crippen LogP contribution in [0.2, 0.25) is 0 Å². The van der Waals surface area contributed by atoms with Crippen molar-refractivity contribution in [2.45, 2.75) is 38.8 Å². The van der Waals surface area contributed by atoms with Crippen molar-refractivity contribution in [3.8, 4) is 0 Å². The van der Waals surface area contributed by atoms with E-state index in [2.05, 4.69) is 0 Å². The van der Waals surface area contributed by atoms with Crippen molar-refractivity contribution in [2.75, 3.05) is 37.7 Å². The van der Waals surface area contributed by atoms with Gasteiger partial charge in [0.2, 0.25) is 5.91 Å². The van der Waals surface area contributed by atoms with Gasteiger partial charge in [0.1, 0.15) is 18.9 Å². The highest BCUT2D eigenvalue weighted by molar-refractivity contribution is 5.94. The van der Waals surface area contributed by atoms with E-state index in [-0.39, 0.29) is 42.3 Å². The first-order valence-electron chi connectivity index (χ1n) is 10.3. The van der Waals surface area contributed by atoms with Crippen molar-refractivity contribution < 1.29 is 23.5 Å². The number of hydrogen-bond acceptors (Lipinski definition) is 6. The lowest BCUT2D eigenvalue weighted by molar-refractivity contribution is -0.143. The van der Waals surface area contributed by atoms with Gasteiger partial charge in [0.05, 0.1) is 5.69 Å². The van der Waals surface area contributed by atoms with Crippen LogP contribution in [-0.4, -0.2) is 61.5 Å². The minimum atomic E-state index is -0.666. The molecule has 2 aliphatic heterocycles. The molecular weight excluding hydrogens is 391 g/mol. The molecule has 3 N–H and O–H groups in total. The number of nitrogens with zero attached hydrogens (tertiary/aromatic N) is 2. The smallest absolute Gasteiger partial charge is 0.313 e. The van der Waals surface area contributed by atoms with Gasteiger partial charge in [-0.05, 0) is 25.8 Å². The fraction of sp³-hybridized carbons (Fsp3) is 0.571. The number of carbonyl (C=O) groups is 2. The Morgan fingerprint density at radius 3 is 2.70 bits per heavy atom. The zero-order valence-electron chi connectivity index (χ0n) is 17.2. The summed E-state index contributed by atoms with van der Waals surface area (Å²) in [6.45, 7) is 4.61. The first-order valence-corrected chi connectivity index (χ1v) is 10.3. The molecule has 0 spiro atoms. The van der Waals surface area contributed by atoms with Gasteiger partial charge in [-0.25, -0.2) is 4.39 Å². The number of benzene rings is 1. The summed E-state index contributed by atoms with van der Waals surface area (Å²) in [4.78, 5) is 28.3. The van der Waals surface area contributed by atoms with E-state index in [9.17, 15) is 9.59 Å². The summed E-state index contributed by atoms with van der Waals surface area (Å²) >= 11 is 0. The summed E-state index contributed by atoms with van der Waals surface area (Å²) < 4.78 is 25.4. The summed E-state index contributed by atoms with van der Waals surface area (Å²) in [6.07, 6.45) is 1.19. The molecule has 8 nitrogen and oxygen atoms in total. The SMILES string of the molecule is C[C@@H]1CN(c2cccc(COC(=O)CC(=N)N)c2F)CCN1C(=O)C1CCOCC1. The number of nitrogens with two attached hydrogens (primary N) is 1. The number of anilines is 1. The molecule has 0 bridgehead atoms. The van der Waals surface area contributed by atoms with Crippen LogP contribution in [0, 0.1) is 17.1 Å². The maximum atomic E-state index is 15.0. The second-order valence-electron chi connectivity index (χ2n) is 7.83. The Hall–Kier alpha value is -2.68. The molecule has 30 heavy (non-hydrogen) atoms. The number of halogens is 1. The predicted octanol–water partition coefficient (Wildman–Crippen LogP) is 1.66. The Bertz CT molecular complexity index is 797. The highest BCUT2D eigenvalue weighted by atomic mass is 19.1. The van der Waals surface area contributed by atoms with Gasteiger partial charge in [-0.1, -0.05) is 12.1 Å². The molecule has 2 fully saturated rings. The quantitative estimate of drug-likeness (QED) is 0.412. The van der Waals surface area contributed by atoms with Crippen molar-refractivity contribution in [3.05, 3.63) is 29.6 Å². The van der Waals surface area contributed by atoms with Gasteiger partial charge in [0.15, 0.2) is 5.82 Å². The van der Waals surface area contributed by atoms with Gasteiger partial charge >= 0.3 is 5.97 Å². The first-order chi connectivity index (χ1) is 14.4. The van der Waals surface area contributed by atoms with Crippen molar-refractivity contribution in [1.29, 1.82) is 5.41 Å². The molecule has 0 unspecified atom stereocenters.